The largest absolute Gasteiger partial charge is 0.468 e. The Labute approximate surface area is 120 Å². The predicted octanol–water partition coefficient (Wildman–Crippen LogP) is 3.55. The first-order valence-electron chi connectivity index (χ1n) is 6.83. The Balaban J connectivity index is 1.89. The summed E-state index contributed by atoms with van der Waals surface area (Å²) in [7, 11) is 0. The number of hydrogen-bond acceptors (Lipinski definition) is 3. The highest BCUT2D eigenvalue weighted by Crippen LogP contribution is 2.22. The highest BCUT2D eigenvalue weighted by atomic mass is 16.3. The van der Waals surface area contributed by atoms with Gasteiger partial charge in [-0.15, -0.1) is 0 Å². The number of benzene rings is 1. The van der Waals surface area contributed by atoms with E-state index in [2.05, 4.69) is 26.1 Å². The summed E-state index contributed by atoms with van der Waals surface area (Å²) < 4.78 is 5.20. The van der Waals surface area contributed by atoms with E-state index >= 15 is 0 Å². The summed E-state index contributed by atoms with van der Waals surface area (Å²) >= 11 is 0. The first-order chi connectivity index (χ1) is 9.47. The number of furan rings is 1. The molecule has 1 N–H and O–H groups in total. The molecule has 1 aromatic carbocycles. The normalized spacial score (nSPS) is 11.6. The minimum Gasteiger partial charge on any atom is -0.468 e. The van der Waals surface area contributed by atoms with Gasteiger partial charge in [-0.1, -0.05) is 45.0 Å². The molecule has 3 nitrogen and oxygen atoms in total. The van der Waals surface area contributed by atoms with E-state index in [1.54, 1.807) is 6.26 Å². The maximum Gasteiger partial charge on any atom is 0.176 e. The molecule has 0 amide bonds. The third kappa shape index (κ3) is 3.81. The Morgan fingerprint density at radius 2 is 1.85 bits per heavy atom. The summed E-state index contributed by atoms with van der Waals surface area (Å²) in [6, 6.07) is 11.6. The van der Waals surface area contributed by atoms with Gasteiger partial charge in [-0.25, -0.2) is 0 Å². The standard InChI is InChI=1S/C17H21NO2/c1-17(2,3)14-8-6-13(7-9-14)16(19)12-18-11-15-5-4-10-20-15/h4-10,18H,11-12H2,1-3H3. The molecule has 2 aromatic rings. The Morgan fingerprint density at radius 1 is 1.15 bits per heavy atom. The lowest BCUT2D eigenvalue weighted by Gasteiger charge is -2.19. The maximum atomic E-state index is 12.0. The Kier molecular flexibility index (Phi) is 4.40. The van der Waals surface area contributed by atoms with Crippen molar-refractivity contribution in [1.29, 1.82) is 0 Å². The van der Waals surface area contributed by atoms with Gasteiger partial charge in [0.1, 0.15) is 5.76 Å². The zero-order chi connectivity index (χ0) is 14.6. The van der Waals surface area contributed by atoms with Gasteiger partial charge in [0.25, 0.3) is 0 Å². The fourth-order valence-corrected chi connectivity index (χ4v) is 1.97. The summed E-state index contributed by atoms with van der Waals surface area (Å²) in [4.78, 5) is 12.0. The number of hydrogen-bond donors (Lipinski definition) is 1. The zero-order valence-electron chi connectivity index (χ0n) is 12.3. The number of carbonyl (C=O) groups excluding carboxylic acids is 1. The molecule has 0 radical (unpaired) electrons. The van der Waals surface area contributed by atoms with E-state index in [1.165, 1.54) is 5.56 Å². The van der Waals surface area contributed by atoms with E-state index < -0.39 is 0 Å². The number of carbonyl (C=O) groups is 1. The fraction of sp³-hybridized carbons (Fsp3) is 0.353. The molecule has 106 valence electrons. The molecule has 0 aliphatic heterocycles. The van der Waals surface area contributed by atoms with E-state index in [0.29, 0.717) is 13.1 Å². The first-order valence-corrected chi connectivity index (χ1v) is 6.83. The van der Waals surface area contributed by atoms with Crippen LogP contribution in [0.25, 0.3) is 0 Å². The quantitative estimate of drug-likeness (QED) is 0.846. The van der Waals surface area contributed by atoms with Crippen LogP contribution in [0.1, 0.15) is 42.5 Å². The van der Waals surface area contributed by atoms with E-state index in [9.17, 15) is 4.79 Å². The van der Waals surface area contributed by atoms with Crippen LogP contribution >= 0.6 is 0 Å². The van der Waals surface area contributed by atoms with E-state index in [-0.39, 0.29) is 11.2 Å². The molecule has 0 aliphatic rings. The number of rotatable bonds is 5. The van der Waals surface area contributed by atoms with Gasteiger partial charge >= 0.3 is 0 Å². The Morgan fingerprint density at radius 3 is 2.40 bits per heavy atom. The van der Waals surface area contributed by atoms with Crippen LogP contribution in [0.15, 0.2) is 47.1 Å². The Bertz CT molecular complexity index is 548. The van der Waals surface area contributed by atoms with Crippen molar-refractivity contribution in [1.82, 2.24) is 5.32 Å². The van der Waals surface area contributed by atoms with E-state index in [1.807, 2.05) is 36.4 Å². The monoisotopic (exact) mass is 271 g/mol. The predicted molar refractivity (Wildman–Crippen MR) is 79.9 cm³/mol. The molecule has 0 unspecified atom stereocenters. The van der Waals surface area contributed by atoms with Gasteiger partial charge in [0.2, 0.25) is 0 Å². The van der Waals surface area contributed by atoms with Crippen LogP contribution in [0.2, 0.25) is 0 Å². The Hall–Kier alpha value is -1.87. The second-order valence-electron chi connectivity index (χ2n) is 5.93. The molecule has 0 fully saturated rings. The molecule has 20 heavy (non-hydrogen) atoms. The van der Waals surface area contributed by atoms with Gasteiger partial charge in [-0.3, -0.25) is 4.79 Å². The first kappa shape index (κ1) is 14.5. The van der Waals surface area contributed by atoms with E-state index in [4.69, 9.17) is 4.42 Å². The van der Waals surface area contributed by atoms with Crippen molar-refractivity contribution in [2.24, 2.45) is 0 Å². The van der Waals surface area contributed by atoms with Crippen LogP contribution < -0.4 is 5.32 Å². The van der Waals surface area contributed by atoms with Crippen LogP contribution in [0.5, 0.6) is 0 Å². The molecule has 0 saturated heterocycles. The third-order valence-electron chi connectivity index (χ3n) is 3.24. The average molecular weight is 271 g/mol. The van der Waals surface area contributed by atoms with Crippen molar-refractivity contribution in [2.75, 3.05) is 6.54 Å². The lowest BCUT2D eigenvalue weighted by molar-refractivity contribution is 0.0990. The molecule has 1 aromatic heterocycles. The second-order valence-corrected chi connectivity index (χ2v) is 5.93. The van der Waals surface area contributed by atoms with Crippen molar-refractivity contribution < 1.29 is 9.21 Å². The molecular weight excluding hydrogens is 250 g/mol. The van der Waals surface area contributed by atoms with Gasteiger partial charge in [-0.05, 0) is 23.1 Å². The van der Waals surface area contributed by atoms with E-state index in [0.717, 1.165) is 11.3 Å². The summed E-state index contributed by atoms with van der Waals surface area (Å²) in [6.45, 7) is 7.37. The second kappa shape index (κ2) is 6.06. The summed E-state index contributed by atoms with van der Waals surface area (Å²) in [6.07, 6.45) is 1.63. The smallest absolute Gasteiger partial charge is 0.176 e. The molecular formula is C17H21NO2. The zero-order valence-corrected chi connectivity index (χ0v) is 12.3. The maximum absolute atomic E-state index is 12.0. The molecule has 0 bridgehead atoms. The van der Waals surface area contributed by atoms with Gasteiger partial charge in [0, 0.05) is 5.56 Å². The van der Waals surface area contributed by atoms with Crippen LogP contribution in [0.4, 0.5) is 0 Å². The van der Waals surface area contributed by atoms with Crippen molar-refractivity contribution in [2.45, 2.75) is 32.7 Å². The number of Topliss-reactive ketones (excluding diaryl/α,β-unsaturated/α-hetero) is 1. The molecule has 1 heterocycles. The molecule has 2 rings (SSSR count). The summed E-state index contributed by atoms with van der Waals surface area (Å²) in [5.41, 5.74) is 2.08. The minimum absolute atomic E-state index is 0.0945. The number of ketones is 1. The van der Waals surface area contributed by atoms with Crippen molar-refractivity contribution in [3.8, 4) is 0 Å². The van der Waals surface area contributed by atoms with Gasteiger partial charge in [0.15, 0.2) is 5.78 Å². The van der Waals surface area contributed by atoms with Crippen LogP contribution in [0.3, 0.4) is 0 Å². The summed E-state index contributed by atoms with van der Waals surface area (Å²) in [5.74, 6) is 0.929. The van der Waals surface area contributed by atoms with Gasteiger partial charge in [-0.2, -0.15) is 0 Å². The molecule has 0 spiro atoms. The topological polar surface area (TPSA) is 42.2 Å². The fourth-order valence-electron chi connectivity index (χ4n) is 1.97. The van der Waals surface area contributed by atoms with Crippen molar-refractivity contribution in [3.05, 3.63) is 59.5 Å². The lowest BCUT2D eigenvalue weighted by atomic mass is 9.86. The van der Waals surface area contributed by atoms with Gasteiger partial charge < -0.3 is 9.73 Å². The van der Waals surface area contributed by atoms with Crippen LogP contribution in [-0.2, 0) is 12.0 Å². The highest BCUT2D eigenvalue weighted by Gasteiger charge is 2.14. The van der Waals surface area contributed by atoms with Crippen molar-refractivity contribution >= 4 is 5.78 Å². The van der Waals surface area contributed by atoms with Gasteiger partial charge in [0.05, 0.1) is 19.4 Å². The average Bonchev–Trinajstić information content (AvgIpc) is 2.91. The molecule has 0 atom stereocenters. The lowest BCUT2D eigenvalue weighted by Crippen LogP contribution is -2.22. The summed E-state index contributed by atoms with van der Waals surface area (Å²) in [5, 5.41) is 3.09. The SMILES string of the molecule is CC(C)(C)c1ccc(C(=O)CNCc2ccco2)cc1. The van der Waals surface area contributed by atoms with Crippen LogP contribution in [-0.4, -0.2) is 12.3 Å². The molecule has 0 aliphatic carbocycles. The van der Waals surface area contributed by atoms with Crippen molar-refractivity contribution in [3.63, 3.8) is 0 Å². The van der Waals surface area contributed by atoms with Crippen LogP contribution in [0, 0.1) is 0 Å². The molecule has 3 heteroatoms. The number of nitrogens with one attached hydrogen (secondary N) is 1. The molecule has 0 saturated carbocycles. The third-order valence-corrected chi connectivity index (χ3v) is 3.24. The minimum atomic E-state index is 0.0945. The highest BCUT2D eigenvalue weighted by molar-refractivity contribution is 5.97.